The molecule has 1 atom stereocenters. The fourth-order valence-corrected chi connectivity index (χ4v) is 6.30. The highest BCUT2D eigenvalue weighted by Gasteiger charge is 2.28. The van der Waals surface area contributed by atoms with Crippen molar-refractivity contribution in [2.75, 3.05) is 24.7 Å². The minimum Gasteiger partial charge on any atom is -0.356 e. The third-order valence-electron chi connectivity index (χ3n) is 5.80. The number of rotatable bonds is 6. The van der Waals surface area contributed by atoms with E-state index in [-0.39, 0.29) is 0 Å². The minimum atomic E-state index is -2.25. The van der Waals surface area contributed by atoms with Crippen LogP contribution in [0.25, 0.3) is 11.0 Å². The van der Waals surface area contributed by atoms with Crippen LogP contribution in [0.1, 0.15) is 31.4 Å². The average molecular weight is 402 g/mol. The summed E-state index contributed by atoms with van der Waals surface area (Å²) in [6.45, 7) is 0. The first-order valence-corrected chi connectivity index (χ1v) is 11.5. The Morgan fingerprint density at radius 2 is 2.07 bits per heavy atom. The van der Waals surface area contributed by atoms with Crippen LogP contribution in [0.15, 0.2) is 35.2 Å². The van der Waals surface area contributed by atoms with Crippen LogP contribution in [0.2, 0.25) is 0 Å². The van der Waals surface area contributed by atoms with Crippen molar-refractivity contribution in [2.24, 2.45) is 10.3 Å². The SMILES string of the molecule is CN=S(=O)(Cc1ccn[nH]1)CC1CCC(N(C)c2ncnc3[nH]ccc23)CC1. The number of fused-ring (bicyclic) bond motifs is 1. The first kappa shape index (κ1) is 18.9. The summed E-state index contributed by atoms with van der Waals surface area (Å²) in [4.78, 5) is 14.2. The van der Waals surface area contributed by atoms with Gasteiger partial charge in [-0.05, 0) is 43.7 Å². The highest BCUT2D eigenvalue weighted by atomic mass is 32.2. The van der Waals surface area contributed by atoms with Crippen molar-refractivity contribution >= 4 is 26.6 Å². The molecule has 2 N–H and O–H groups in total. The fourth-order valence-electron chi connectivity index (χ4n) is 4.19. The molecule has 3 aromatic rings. The lowest BCUT2D eigenvalue weighted by Crippen LogP contribution is -2.37. The second-order valence-electron chi connectivity index (χ2n) is 7.57. The van der Waals surface area contributed by atoms with E-state index in [2.05, 4.69) is 41.5 Å². The smallest absolute Gasteiger partial charge is 0.142 e. The molecule has 0 saturated heterocycles. The van der Waals surface area contributed by atoms with Crippen LogP contribution in [0.3, 0.4) is 0 Å². The van der Waals surface area contributed by atoms with Crippen LogP contribution in [0.4, 0.5) is 5.82 Å². The molecule has 0 aromatic carbocycles. The van der Waals surface area contributed by atoms with Gasteiger partial charge in [-0.15, -0.1) is 0 Å². The number of hydrogen-bond donors (Lipinski definition) is 2. The average Bonchev–Trinajstić information content (AvgIpc) is 3.39. The van der Waals surface area contributed by atoms with Gasteiger partial charge in [-0.3, -0.25) is 5.10 Å². The summed E-state index contributed by atoms with van der Waals surface area (Å²) in [6.07, 6.45) is 9.47. The molecular weight excluding hydrogens is 374 g/mol. The topological polar surface area (TPSA) is 103 Å². The Hall–Kier alpha value is -2.42. The van der Waals surface area contributed by atoms with Crippen molar-refractivity contribution in [2.45, 2.75) is 37.5 Å². The monoisotopic (exact) mass is 401 g/mol. The van der Waals surface area contributed by atoms with Gasteiger partial charge in [0.1, 0.15) is 17.8 Å². The second-order valence-corrected chi connectivity index (χ2v) is 10.1. The minimum absolute atomic E-state index is 0.437. The number of anilines is 1. The lowest BCUT2D eigenvalue weighted by atomic mass is 9.86. The zero-order valence-electron chi connectivity index (χ0n) is 16.3. The van der Waals surface area contributed by atoms with E-state index in [4.69, 9.17) is 0 Å². The maximum atomic E-state index is 13.2. The maximum Gasteiger partial charge on any atom is 0.142 e. The van der Waals surface area contributed by atoms with Gasteiger partial charge >= 0.3 is 0 Å². The highest BCUT2D eigenvalue weighted by molar-refractivity contribution is 7.92. The Morgan fingerprint density at radius 3 is 2.79 bits per heavy atom. The first-order chi connectivity index (χ1) is 13.6. The van der Waals surface area contributed by atoms with E-state index in [0.717, 1.165) is 48.2 Å². The molecule has 0 spiro atoms. The molecule has 3 aromatic heterocycles. The Kier molecular flexibility index (Phi) is 5.34. The summed E-state index contributed by atoms with van der Waals surface area (Å²) in [7, 11) is 1.54. The molecule has 0 bridgehead atoms. The Morgan fingerprint density at radius 1 is 1.25 bits per heavy atom. The molecule has 0 radical (unpaired) electrons. The largest absolute Gasteiger partial charge is 0.356 e. The van der Waals surface area contributed by atoms with Crippen LogP contribution in [-0.4, -0.2) is 55.2 Å². The van der Waals surface area contributed by atoms with Crippen LogP contribution in [0, 0.1) is 5.92 Å². The zero-order chi connectivity index (χ0) is 19.6. The van der Waals surface area contributed by atoms with Crippen molar-refractivity contribution in [3.63, 3.8) is 0 Å². The van der Waals surface area contributed by atoms with Gasteiger partial charge in [0.25, 0.3) is 0 Å². The molecule has 1 saturated carbocycles. The molecule has 9 heteroatoms. The van der Waals surface area contributed by atoms with E-state index in [9.17, 15) is 4.21 Å². The molecule has 8 nitrogen and oxygen atoms in total. The molecule has 4 rings (SSSR count). The molecule has 1 unspecified atom stereocenters. The molecular formula is C19H27N7OS. The Balaban J connectivity index is 1.39. The van der Waals surface area contributed by atoms with E-state index in [0.29, 0.717) is 23.5 Å². The van der Waals surface area contributed by atoms with Gasteiger partial charge in [-0.2, -0.15) is 5.10 Å². The summed E-state index contributed by atoms with van der Waals surface area (Å²) in [6, 6.07) is 4.34. The van der Waals surface area contributed by atoms with Gasteiger partial charge < -0.3 is 9.88 Å². The molecule has 0 aliphatic heterocycles. The predicted molar refractivity (Wildman–Crippen MR) is 112 cm³/mol. The van der Waals surface area contributed by atoms with Crippen LogP contribution >= 0.6 is 0 Å². The van der Waals surface area contributed by atoms with Crippen molar-refractivity contribution in [1.82, 2.24) is 25.1 Å². The summed E-state index contributed by atoms with van der Waals surface area (Å²) in [5.74, 6) is 2.53. The number of nitrogens with zero attached hydrogens (tertiary/aromatic N) is 5. The lowest BCUT2D eigenvalue weighted by molar-refractivity contribution is 0.342. The van der Waals surface area contributed by atoms with Crippen molar-refractivity contribution < 1.29 is 4.21 Å². The van der Waals surface area contributed by atoms with E-state index in [1.807, 2.05) is 18.3 Å². The summed E-state index contributed by atoms with van der Waals surface area (Å²) >= 11 is 0. The third-order valence-corrected chi connectivity index (χ3v) is 8.22. The standard InChI is InChI=1S/C19H27N7OS/c1-20-28(27,12-15-7-10-24-25-15)11-14-3-5-16(6-4-14)26(2)19-17-8-9-21-18(17)22-13-23-19/h7-10,13-14,16H,3-6,11-12H2,1-2H3,(H,24,25)(H,21,22,23). The summed E-state index contributed by atoms with van der Waals surface area (Å²) in [5.41, 5.74) is 1.76. The molecule has 1 aliphatic carbocycles. The number of aromatic amines is 2. The van der Waals surface area contributed by atoms with Crippen molar-refractivity contribution in [3.05, 3.63) is 36.5 Å². The molecule has 1 fully saturated rings. The number of nitrogens with one attached hydrogen (secondary N) is 2. The Labute approximate surface area is 165 Å². The van der Waals surface area contributed by atoms with Crippen molar-refractivity contribution in [1.29, 1.82) is 0 Å². The van der Waals surface area contributed by atoms with Gasteiger partial charge in [0.05, 0.1) is 20.9 Å². The van der Waals surface area contributed by atoms with Gasteiger partial charge in [0.15, 0.2) is 0 Å². The van der Waals surface area contributed by atoms with Crippen LogP contribution in [0.5, 0.6) is 0 Å². The first-order valence-electron chi connectivity index (χ1n) is 9.68. The summed E-state index contributed by atoms with van der Waals surface area (Å²) in [5, 5.41) is 7.91. The quantitative estimate of drug-likeness (QED) is 0.661. The number of H-pyrrole nitrogens is 2. The van der Waals surface area contributed by atoms with Gasteiger partial charge in [0.2, 0.25) is 0 Å². The Bertz CT molecular complexity index is 1030. The fraction of sp³-hybridized carbons (Fsp3) is 0.526. The predicted octanol–water partition coefficient (Wildman–Crippen LogP) is 2.97. The van der Waals surface area contributed by atoms with E-state index >= 15 is 0 Å². The number of aromatic nitrogens is 5. The highest BCUT2D eigenvalue weighted by Crippen LogP contribution is 2.32. The van der Waals surface area contributed by atoms with E-state index in [1.54, 1.807) is 19.6 Å². The van der Waals surface area contributed by atoms with Crippen LogP contribution < -0.4 is 4.90 Å². The summed E-state index contributed by atoms with van der Waals surface area (Å²) < 4.78 is 17.5. The third kappa shape index (κ3) is 3.89. The molecule has 3 heterocycles. The van der Waals surface area contributed by atoms with Gasteiger partial charge in [-0.25, -0.2) is 18.5 Å². The molecule has 0 amide bonds. The molecule has 28 heavy (non-hydrogen) atoms. The van der Waals surface area contributed by atoms with E-state index in [1.165, 1.54) is 0 Å². The molecule has 150 valence electrons. The second kappa shape index (κ2) is 7.90. The van der Waals surface area contributed by atoms with Gasteiger partial charge in [0, 0.05) is 44.0 Å². The van der Waals surface area contributed by atoms with Gasteiger partial charge in [-0.1, -0.05) is 0 Å². The lowest BCUT2D eigenvalue weighted by Gasteiger charge is -2.35. The van der Waals surface area contributed by atoms with Crippen LogP contribution in [-0.2, 0) is 15.5 Å². The van der Waals surface area contributed by atoms with E-state index < -0.39 is 9.73 Å². The maximum absolute atomic E-state index is 13.2. The normalized spacial score (nSPS) is 22.1. The van der Waals surface area contributed by atoms with Crippen molar-refractivity contribution in [3.8, 4) is 0 Å². The number of hydrogen-bond acceptors (Lipinski definition) is 6. The zero-order valence-corrected chi connectivity index (χ0v) is 17.2. The molecule has 1 aliphatic rings.